The second kappa shape index (κ2) is 4.12. The van der Waals surface area contributed by atoms with Crippen LogP contribution in [-0.2, 0) is 5.41 Å². The Labute approximate surface area is 114 Å². The summed E-state index contributed by atoms with van der Waals surface area (Å²) in [5.41, 5.74) is 3.79. The number of rotatable bonds is 0. The molecule has 17 heavy (non-hydrogen) atoms. The molecule has 0 saturated carbocycles. The summed E-state index contributed by atoms with van der Waals surface area (Å²) in [6.45, 7) is 11.8. The highest BCUT2D eigenvalue weighted by Gasteiger charge is 2.37. The molecule has 0 heterocycles. The van der Waals surface area contributed by atoms with Gasteiger partial charge in [-0.1, -0.05) is 56.6 Å². The molecule has 0 radical (unpaired) electrons. The van der Waals surface area contributed by atoms with E-state index in [-0.39, 0.29) is 0 Å². The van der Waals surface area contributed by atoms with E-state index < -0.39 is 0 Å². The van der Waals surface area contributed by atoms with Crippen molar-refractivity contribution in [3.8, 4) is 0 Å². The second-order valence-corrected chi connectivity index (χ2v) is 7.99. The highest BCUT2D eigenvalue weighted by atomic mass is 79.9. The first kappa shape index (κ1) is 13.1. The van der Waals surface area contributed by atoms with E-state index in [1.165, 1.54) is 17.3 Å². The highest BCUT2D eigenvalue weighted by molar-refractivity contribution is 9.10. The smallest absolute Gasteiger partial charge is 0.0178 e. The number of fused-ring (bicyclic) bond motifs is 1. The third kappa shape index (κ3) is 2.45. The van der Waals surface area contributed by atoms with Crippen LogP contribution in [0, 0.1) is 5.41 Å². The van der Waals surface area contributed by atoms with Crippen LogP contribution < -0.4 is 0 Å². The first-order chi connectivity index (χ1) is 7.72. The van der Waals surface area contributed by atoms with Crippen LogP contribution in [0.2, 0.25) is 0 Å². The first-order valence-corrected chi connectivity index (χ1v) is 7.31. The quantitative estimate of drug-likeness (QED) is 0.580. The van der Waals surface area contributed by atoms with Gasteiger partial charge in [0, 0.05) is 4.47 Å². The molecule has 0 aliphatic heterocycles. The molecule has 1 unspecified atom stereocenters. The van der Waals surface area contributed by atoms with Crippen molar-refractivity contribution >= 4 is 15.9 Å². The van der Waals surface area contributed by atoms with Crippen molar-refractivity contribution in [3.05, 3.63) is 33.8 Å². The van der Waals surface area contributed by atoms with Crippen LogP contribution in [0.3, 0.4) is 0 Å². The number of benzene rings is 1. The van der Waals surface area contributed by atoms with Crippen molar-refractivity contribution < 1.29 is 0 Å². The molecule has 0 fully saturated rings. The molecule has 1 aromatic carbocycles. The predicted molar refractivity (Wildman–Crippen MR) is 78.6 cm³/mol. The van der Waals surface area contributed by atoms with Crippen LogP contribution in [0.5, 0.6) is 0 Å². The van der Waals surface area contributed by atoms with Crippen molar-refractivity contribution in [1.29, 1.82) is 0 Å². The van der Waals surface area contributed by atoms with E-state index in [4.69, 9.17) is 0 Å². The summed E-state index contributed by atoms with van der Waals surface area (Å²) in [5.74, 6) is 0.683. The Morgan fingerprint density at radius 1 is 1.24 bits per heavy atom. The van der Waals surface area contributed by atoms with Gasteiger partial charge in [-0.15, -0.1) is 0 Å². The molecule has 1 atom stereocenters. The number of hydrogen-bond acceptors (Lipinski definition) is 0. The Morgan fingerprint density at radius 2 is 1.88 bits per heavy atom. The van der Waals surface area contributed by atoms with Gasteiger partial charge in [-0.3, -0.25) is 0 Å². The maximum Gasteiger partial charge on any atom is 0.0178 e. The fraction of sp³-hybridized carbons (Fsp3) is 0.625. The zero-order valence-corrected chi connectivity index (χ0v) is 13.2. The average Bonchev–Trinajstić information content (AvgIpc) is 2.14. The molecule has 0 spiro atoms. The van der Waals surface area contributed by atoms with Gasteiger partial charge < -0.3 is 0 Å². The molecule has 0 aromatic heterocycles. The number of hydrogen-bond donors (Lipinski definition) is 0. The van der Waals surface area contributed by atoms with E-state index in [2.05, 4.69) is 68.7 Å². The minimum Gasteiger partial charge on any atom is -0.0596 e. The normalized spacial score (nSPS) is 23.3. The van der Waals surface area contributed by atoms with Crippen LogP contribution in [0.1, 0.15) is 64.5 Å². The highest BCUT2D eigenvalue weighted by Crippen LogP contribution is 2.49. The Kier molecular flexibility index (Phi) is 3.18. The van der Waals surface area contributed by atoms with Crippen molar-refractivity contribution in [2.45, 2.75) is 58.8 Å². The molecule has 2 rings (SSSR count). The molecule has 1 aliphatic carbocycles. The van der Waals surface area contributed by atoms with E-state index in [1.54, 1.807) is 11.1 Å². The lowest BCUT2D eigenvalue weighted by molar-refractivity contribution is 0.257. The summed E-state index contributed by atoms with van der Waals surface area (Å²) >= 11 is 3.62. The minimum atomic E-state index is 0.331. The van der Waals surface area contributed by atoms with Gasteiger partial charge in [0.1, 0.15) is 0 Å². The summed E-state index contributed by atoms with van der Waals surface area (Å²) in [7, 11) is 0. The van der Waals surface area contributed by atoms with E-state index in [9.17, 15) is 0 Å². The molecular weight excluding hydrogens is 272 g/mol. The van der Waals surface area contributed by atoms with Crippen LogP contribution >= 0.6 is 15.9 Å². The SMILES string of the molecule is CC1(C)CCC(C(C)(C)C)c2cc(Br)ccc21. The van der Waals surface area contributed by atoms with Gasteiger partial charge in [0.15, 0.2) is 0 Å². The zero-order valence-electron chi connectivity index (χ0n) is 11.6. The Morgan fingerprint density at radius 3 is 2.47 bits per heavy atom. The molecule has 0 N–H and O–H groups in total. The summed E-state index contributed by atoms with van der Waals surface area (Å²) in [6, 6.07) is 6.84. The molecule has 1 aromatic rings. The molecular formula is C16H23Br. The van der Waals surface area contributed by atoms with Crippen molar-refractivity contribution in [2.24, 2.45) is 5.41 Å². The lowest BCUT2D eigenvalue weighted by Crippen LogP contribution is -2.31. The van der Waals surface area contributed by atoms with E-state index in [1.807, 2.05) is 0 Å². The molecule has 94 valence electrons. The topological polar surface area (TPSA) is 0 Å². The lowest BCUT2D eigenvalue weighted by atomic mass is 9.62. The summed E-state index contributed by atoms with van der Waals surface area (Å²) in [6.07, 6.45) is 2.60. The van der Waals surface area contributed by atoms with Gasteiger partial charge in [0.25, 0.3) is 0 Å². The van der Waals surface area contributed by atoms with Crippen LogP contribution in [0.4, 0.5) is 0 Å². The monoisotopic (exact) mass is 294 g/mol. The molecule has 0 bridgehead atoms. The Bertz CT molecular complexity index is 424. The molecule has 1 aliphatic rings. The van der Waals surface area contributed by atoms with Crippen molar-refractivity contribution in [1.82, 2.24) is 0 Å². The predicted octanol–water partition coefficient (Wildman–Crippen LogP) is 5.65. The standard InChI is InChI=1S/C16H23Br/c1-15(2,3)13-8-9-16(4,5)14-7-6-11(17)10-12(13)14/h6-7,10,13H,8-9H2,1-5H3. The maximum absolute atomic E-state index is 3.62. The average molecular weight is 295 g/mol. The van der Waals surface area contributed by atoms with Gasteiger partial charge in [0.05, 0.1) is 0 Å². The zero-order chi connectivity index (χ0) is 12.8. The maximum atomic E-state index is 3.62. The van der Waals surface area contributed by atoms with Crippen LogP contribution in [-0.4, -0.2) is 0 Å². The summed E-state index contributed by atoms with van der Waals surface area (Å²) in [4.78, 5) is 0. The lowest BCUT2D eigenvalue weighted by Gasteiger charge is -2.42. The molecule has 0 saturated heterocycles. The van der Waals surface area contributed by atoms with E-state index in [0.29, 0.717) is 16.7 Å². The number of halogens is 1. The van der Waals surface area contributed by atoms with Gasteiger partial charge in [-0.2, -0.15) is 0 Å². The van der Waals surface area contributed by atoms with Gasteiger partial charge >= 0.3 is 0 Å². The Balaban J connectivity index is 2.57. The van der Waals surface area contributed by atoms with Crippen molar-refractivity contribution in [2.75, 3.05) is 0 Å². The first-order valence-electron chi connectivity index (χ1n) is 6.52. The van der Waals surface area contributed by atoms with Gasteiger partial charge in [0.2, 0.25) is 0 Å². The second-order valence-electron chi connectivity index (χ2n) is 7.07. The summed E-state index contributed by atoms with van der Waals surface area (Å²) < 4.78 is 1.21. The fourth-order valence-electron chi connectivity index (χ4n) is 3.13. The van der Waals surface area contributed by atoms with Gasteiger partial charge in [-0.05, 0) is 52.8 Å². The fourth-order valence-corrected chi connectivity index (χ4v) is 3.51. The van der Waals surface area contributed by atoms with E-state index >= 15 is 0 Å². The molecule has 0 amide bonds. The molecule has 0 nitrogen and oxygen atoms in total. The Hall–Kier alpha value is -0.300. The molecule has 1 heteroatoms. The largest absolute Gasteiger partial charge is 0.0596 e. The summed E-state index contributed by atoms with van der Waals surface area (Å²) in [5, 5.41) is 0. The third-order valence-corrected chi connectivity index (χ3v) is 4.71. The van der Waals surface area contributed by atoms with Crippen LogP contribution in [0.15, 0.2) is 22.7 Å². The minimum absolute atomic E-state index is 0.331. The third-order valence-electron chi connectivity index (χ3n) is 4.22. The van der Waals surface area contributed by atoms with Crippen molar-refractivity contribution in [3.63, 3.8) is 0 Å². The van der Waals surface area contributed by atoms with E-state index in [0.717, 1.165) is 0 Å². The van der Waals surface area contributed by atoms with Crippen LogP contribution in [0.25, 0.3) is 0 Å². The van der Waals surface area contributed by atoms with Gasteiger partial charge in [-0.25, -0.2) is 0 Å².